The van der Waals surface area contributed by atoms with Crippen molar-refractivity contribution in [3.05, 3.63) is 23.8 Å². The number of benzene rings is 1. The molecule has 2 N–H and O–H groups in total. The standard InChI is InChI=1S/C19H27N3O3.HI/c1-18(6-3-9-25-18)11-21-17(20-2)22-12-19(7-8-19)14-4-5-15-16(10-14)24-13-23-15;/h4-5,10H,3,6-9,11-13H2,1-2H3,(H2,20,21,22);1H. The zero-order valence-corrected chi connectivity index (χ0v) is 17.8. The van der Waals surface area contributed by atoms with E-state index >= 15 is 0 Å². The minimum atomic E-state index is -0.0772. The van der Waals surface area contributed by atoms with Gasteiger partial charge in [0.05, 0.1) is 5.60 Å². The number of nitrogens with zero attached hydrogens (tertiary/aromatic N) is 1. The third-order valence-electron chi connectivity index (χ3n) is 5.59. The predicted octanol–water partition coefficient (Wildman–Crippen LogP) is 2.80. The van der Waals surface area contributed by atoms with Gasteiger partial charge in [0.25, 0.3) is 0 Å². The Bertz CT molecular complexity index is 670. The minimum absolute atomic E-state index is 0. The molecule has 0 radical (unpaired) electrons. The predicted molar refractivity (Wildman–Crippen MR) is 112 cm³/mol. The van der Waals surface area contributed by atoms with Crippen molar-refractivity contribution < 1.29 is 14.2 Å². The summed E-state index contributed by atoms with van der Waals surface area (Å²) in [6.07, 6.45) is 4.59. The number of hydrogen-bond acceptors (Lipinski definition) is 4. The smallest absolute Gasteiger partial charge is 0.231 e. The van der Waals surface area contributed by atoms with Crippen LogP contribution in [-0.2, 0) is 10.2 Å². The summed E-state index contributed by atoms with van der Waals surface area (Å²) in [4.78, 5) is 4.36. The van der Waals surface area contributed by atoms with Crippen molar-refractivity contribution in [3.8, 4) is 11.5 Å². The average Bonchev–Trinajstić information content (AvgIpc) is 3.05. The van der Waals surface area contributed by atoms with Crippen molar-refractivity contribution in [2.75, 3.05) is 33.5 Å². The number of rotatable bonds is 5. The van der Waals surface area contributed by atoms with E-state index in [9.17, 15) is 0 Å². The Morgan fingerprint density at radius 2 is 1.88 bits per heavy atom. The molecule has 7 heteroatoms. The Hall–Kier alpha value is -1.22. The maximum Gasteiger partial charge on any atom is 0.231 e. The number of nitrogens with one attached hydrogen (secondary N) is 2. The largest absolute Gasteiger partial charge is 0.454 e. The number of aliphatic imine (C=N–C) groups is 1. The van der Waals surface area contributed by atoms with Gasteiger partial charge >= 0.3 is 0 Å². The van der Waals surface area contributed by atoms with Crippen molar-refractivity contribution in [3.63, 3.8) is 0 Å². The van der Waals surface area contributed by atoms with Crippen LogP contribution in [-0.4, -0.2) is 45.1 Å². The van der Waals surface area contributed by atoms with Crippen LogP contribution in [0.4, 0.5) is 0 Å². The van der Waals surface area contributed by atoms with Crippen molar-refractivity contribution in [1.29, 1.82) is 0 Å². The number of fused-ring (bicyclic) bond motifs is 1. The lowest BCUT2D eigenvalue weighted by molar-refractivity contribution is 0.0243. The molecular formula is C19H28IN3O3. The van der Waals surface area contributed by atoms with Gasteiger partial charge in [0.2, 0.25) is 6.79 Å². The number of halogens is 1. The van der Waals surface area contributed by atoms with E-state index in [4.69, 9.17) is 14.2 Å². The first-order chi connectivity index (χ1) is 12.1. The fourth-order valence-electron chi connectivity index (χ4n) is 3.67. The SMILES string of the molecule is CN=C(NCC1(C)CCCO1)NCC1(c2ccc3c(c2)OCO3)CC1.I. The molecule has 6 nitrogen and oxygen atoms in total. The average molecular weight is 473 g/mol. The van der Waals surface area contributed by atoms with Crippen LogP contribution >= 0.6 is 24.0 Å². The van der Waals surface area contributed by atoms with E-state index in [1.54, 1.807) is 0 Å². The summed E-state index contributed by atoms with van der Waals surface area (Å²) in [6, 6.07) is 6.30. The van der Waals surface area contributed by atoms with Crippen molar-refractivity contribution in [1.82, 2.24) is 10.6 Å². The zero-order chi connectivity index (χ0) is 17.3. The molecule has 2 aliphatic heterocycles. The zero-order valence-electron chi connectivity index (χ0n) is 15.5. The molecule has 1 aromatic rings. The minimum Gasteiger partial charge on any atom is -0.454 e. The van der Waals surface area contributed by atoms with Crippen LogP contribution in [0.15, 0.2) is 23.2 Å². The molecule has 0 amide bonds. The fraction of sp³-hybridized carbons (Fsp3) is 0.632. The molecule has 0 bridgehead atoms. The molecule has 4 rings (SSSR count). The van der Waals surface area contributed by atoms with Gasteiger partial charge in [0.1, 0.15) is 0 Å². The Morgan fingerprint density at radius 3 is 2.58 bits per heavy atom. The summed E-state index contributed by atoms with van der Waals surface area (Å²) >= 11 is 0. The molecule has 0 spiro atoms. The van der Waals surface area contributed by atoms with E-state index < -0.39 is 0 Å². The molecule has 0 aromatic heterocycles. The quantitative estimate of drug-likeness (QED) is 0.391. The summed E-state index contributed by atoms with van der Waals surface area (Å²) in [7, 11) is 1.81. The van der Waals surface area contributed by atoms with Crippen LogP contribution in [0.25, 0.3) is 0 Å². The van der Waals surface area contributed by atoms with E-state index in [-0.39, 0.29) is 35.0 Å². The van der Waals surface area contributed by atoms with E-state index in [0.717, 1.165) is 50.0 Å². The normalized spacial score (nSPS) is 25.5. The van der Waals surface area contributed by atoms with Gasteiger partial charge in [0, 0.05) is 32.2 Å². The molecule has 1 unspecified atom stereocenters. The van der Waals surface area contributed by atoms with E-state index in [1.807, 2.05) is 13.1 Å². The number of ether oxygens (including phenoxy) is 3. The topological polar surface area (TPSA) is 64.1 Å². The first kappa shape index (κ1) is 19.5. The molecule has 1 saturated carbocycles. The summed E-state index contributed by atoms with van der Waals surface area (Å²) in [6.45, 7) is 4.99. The van der Waals surface area contributed by atoms with Gasteiger partial charge < -0.3 is 24.8 Å². The highest BCUT2D eigenvalue weighted by Crippen LogP contribution is 2.49. The van der Waals surface area contributed by atoms with Gasteiger partial charge in [-0.1, -0.05) is 6.07 Å². The Morgan fingerprint density at radius 1 is 1.12 bits per heavy atom. The van der Waals surface area contributed by atoms with Crippen LogP contribution in [0.3, 0.4) is 0 Å². The van der Waals surface area contributed by atoms with Crippen LogP contribution in [0.5, 0.6) is 11.5 Å². The first-order valence-corrected chi connectivity index (χ1v) is 9.11. The number of hydrogen-bond donors (Lipinski definition) is 2. The molecule has 1 saturated heterocycles. The van der Waals surface area contributed by atoms with Crippen LogP contribution in [0.2, 0.25) is 0 Å². The molecule has 2 fully saturated rings. The second-order valence-corrected chi connectivity index (χ2v) is 7.53. The van der Waals surface area contributed by atoms with Crippen molar-refractivity contribution in [2.45, 2.75) is 43.6 Å². The van der Waals surface area contributed by atoms with Crippen molar-refractivity contribution in [2.24, 2.45) is 4.99 Å². The molecule has 3 aliphatic rings. The molecule has 2 heterocycles. The highest BCUT2D eigenvalue weighted by molar-refractivity contribution is 14.0. The molecule has 1 atom stereocenters. The summed E-state index contributed by atoms with van der Waals surface area (Å²) in [5.41, 5.74) is 1.41. The highest BCUT2D eigenvalue weighted by Gasteiger charge is 2.45. The van der Waals surface area contributed by atoms with Gasteiger partial charge in [-0.2, -0.15) is 0 Å². The van der Waals surface area contributed by atoms with E-state index in [1.165, 1.54) is 18.4 Å². The van der Waals surface area contributed by atoms with Crippen LogP contribution < -0.4 is 20.1 Å². The van der Waals surface area contributed by atoms with E-state index in [0.29, 0.717) is 6.79 Å². The molecular weight excluding hydrogens is 445 g/mol. The van der Waals surface area contributed by atoms with Gasteiger partial charge in [0.15, 0.2) is 17.5 Å². The fourth-order valence-corrected chi connectivity index (χ4v) is 3.67. The van der Waals surface area contributed by atoms with E-state index in [2.05, 4.69) is 34.7 Å². The van der Waals surface area contributed by atoms with Gasteiger partial charge in [-0.05, 0) is 50.3 Å². The van der Waals surface area contributed by atoms with Gasteiger partial charge in [-0.3, -0.25) is 4.99 Å². The monoisotopic (exact) mass is 473 g/mol. The first-order valence-electron chi connectivity index (χ1n) is 9.11. The molecule has 144 valence electrons. The van der Waals surface area contributed by atoms with Crippen LogP contribution in [0.1, 0.15) is 38.2 Å². The third kappa shape index (κ3) is 4.03. The molecule has 1 aliphatic carbocycles. The summed E-state index contributed by atoms with van der Waals surface area (Å²) in [5, 5.41) is 6.91. The second kappa shape index (κ2) is 7.80. The van der Waals surface area contributed by atoms with Gasteiger partial charge in [-0.25, -0.2) is 0 Å². The third-order valence-corrected chi connectivity index (χ3v) is 5.59. The molecule has 1 aromatic carbocycles. The lowest BCUT2D eigenvalue weighted by atomic mass is 9.95. The van der Waals surface area contributed by atoms with Crippen molar-refractivity contribution >= 4 is 29.9 Å². The molecule has 26 heavy (non-hydrogen) atoms. The second-order valence-electron chi connectivity index (χ2n) is 7.53. The Kier molecular flexibility index (Phi) is 5.86. The maximum absolute atomic E-state index is 5.83. The van der Waals surface area contributed by atoms with Crippen LogP contribution in [0, 0.1) is 0 Å². The van der Waals surface area contributed by atoms with Gasteiger partial charge in [-0.15, -0.1) is 24.0 Å². The lowest BCUT2D eigenvalue weighted by Crippen LogP contribution is -2.47. The lowest BCUT2D eigenvalue weighted by Gasteiger charge is -2.25. The summed E-state index contributed by atoms with van der Waals surface area (Å²) < 4.78 is 16.8. The maximum atomic E-state index is 5.83. The summed E-state index contributed by atoms with van der Waals surface area (Å²) in [5.74, 6) is 2.54. The highest BCUT2D eigenvalue weighted by atomic mass is 127. The number of guanidine groups is 1. The Labute approximate surface area is 172 Å². The Balaban J connectivity index is 0.00000196.